The molecule has 4 nitrogen and oxygen atoms in total. The second kappa shape index (κ2) is 18.3. The van der Waals surface area contributed by atoms with E-state index in [1.54, 1.807) is 6.92 Å². The first-order valence-corrected chi connectivity index (χ1v) is 13.3. The fraction of sp³-hybridized carbons (Fsp3) is 0.786. The van der Waals surface area contributed by atoms with Gasteiger partial charge in [-0.15, -0.1) is 0 Å². The largest absolute Gasteiger partial charge is 0.473 e. The normalized spacial score (nSPS) is 14.5. The van der Waals surface area contributed by atoms with E-state index in [-0.39, 0.29) is 12.6 Å². The Morgan fingerprint density at radius 3 is 1.78 bits per heavy atom. The highest BCUT2D eigenvalue weighted by Crippen LogP contribution is 2.28. The number of aliphatic hydroxyl groups is 2. The van der Waals surface area contributed by atoms with Crippen LogP contribution in [0, 0.1) is 0 Å². The highest BCUT2D eigenvalue weighted by molar-refractivity contribution is 5.29. The van der Waals surface area contributed by atoms with Gasteiger partial charge in [0.2, 0.25) is 0 Å². The zero-order valence-corrected chi connectivity index (χ0v) is 21.3. The lowest BCUT2D eigenvalue weighted by molar-refractivity contribution is 0.0218. The Kier molecular flexibility index (Phi) is 16.6. The minimum Gasteiger partial charge on any atom is -0.473 e. The van der Waals surface area contributed by atoms with Crippen LogP contribution in [0.4, 0.5) is 0 Å². The third-order valence-corrected chi connectivity index (χ3v) is 6.18. The predicted molar refractivity (Wildman–Crippen MR) is 136 cm³/mol. The molecule has 0 aliphatic heterocycles. The first-order valence-electron chi connectivity index (χ1n) is 13.3. The molecule has 1 aromatic rings. The summed E-state index contributed by atoms with van der Waals surface area (Å²) in [5.41, 5.74) is 1.27. The van der Waals surface area contributed by atoms with Gasteiger partial charge in [-0.05, 0) is 57.2 Å². The molecule has 186 valence electrons. The number of nitrogens with one attached hydrogen (secondary N) is 1. The Bertz CT molecular complexity index is 544. The summed E-state index contributed by atoms with van der Waals surface area (Å²) < 4.78 is 5.94. The zero-order valence-electron chi connectivity index (χ0n) is 21.3. The number of hydrogen-bond acceptors (Lipinski definition) is 4. The van der Waals surface area contributed by atoms with Crippen molar-refractivity contribution in [1.82, 2.24) is 5.32 Å². The highest BCUT2D eigenvalue weighted by atomic mass is 16.5. The molecule has 32 heavy (non-hydrogen) atoms. The number of rotatable bonds is 20. The number of benzene rings is 1. The smallest absolute Gasteiger partial charge is 0.176 e. The molecule has 0 saturated heterocycles. The van der Waals surface area contributed by atoms with Crippen molar-refractivity contribution in [1.29, 1.82) is 0 Å². The quantitative estimate of drug-likeness (QED) is 0.149. The summed E-state index contributed by atoms with van der Waals surface area (Å²) in [7, 11) is 0. The van der Waals surface area contributed by atoms with Crippen LogP contribution in [0.5, 0.6) is 5.75 Å². The van der Waals surface area contributed by atoms with Crippen molar-refractivity contribution in [2.24, 2.45) is 0 Å². The molecule has 1 aromatic carbocycles. The standard InChI is InChI=1S/C28H51NO3/c1-5-6-7-8-9-10-11-12-13-14-15-16-25(21-22-30)26-17-19-27(20-18-26)32-28(24(4)31)29-23(2)3/h17-20,23-25,28-31H,5-16,21-22H2,1-4H3. The van der Waals surface area contributed by atoms with E-state index in [0.717, 1.165) is 18.6 Å². The molecule has 0 heterocycles. The Morgan fingerprint density at radius 1 is 0.781 bits per heavy atom. The molecule has 0 amide bonds. The summed E-state index contributed by atoms with van der Waals surface area (Å²) in [6.45, 7) is 8.31. The van der Waals surface area contributed by atoms with Gasteiger partial charge in [-0.25, -0.2) is 0 Å². The summed E-state index contributed by atoms with van der Waals surface area (Å²) in [5.74, 6) is 1.15. The van der Waals surface area contributed by atoms with E-state index in [1.165, 1.54) is 76.2 Å². The first kappa shape index (κ1) is 28.9. The van der Waals surface area contributed by atoms with Gasteiger partial charge in [0.15, 0.2) is 6.23 Å². The van der Waals surface area contributed by atoms with E-state index in [2.05, 4.69) is 24.4 Å². The molecule has 3 unspecified atom stereocenters. The van der Waals surface area contributed by atoms with E-state index in [9.17, 15) is 10.2 Å². The lowest BCUT2D eigenvalue weighted by Gasteiger charge is -2.25. The maximum absolute atomic E-state index is 9.95. The zero-order chi connectivity index (χ0) is 23.6. The van der Waals surface area contributed by atoms with Gasteiger partial charge in [0.05, 0.1) is 0 Å². The Balaban J connectivity index is 2.35. The number of unbranched alkanes of at least 4 members (excludes halogenated alkanes) is 10. The van der Waals surface area contributed by atoms with Crippen LogP contribution in [0.25, 0.3) is 0 Å². The van der Waals surface area contributed by atoms with E-state index >= 15 is 0 Å². The van der Waals surface area contributed by atoms with Crippen LogP contribution in [-0.2, 0) is 0 Å². The van der Waals surface area contributed by atoms with Gasteiger partial charge in [-0.3, -0.25) is 5.32 Å². The molecule has 0 aromatic heterocycles. The second-order valence-corrected chi connectivity index (χ2v) is 9.70. The van der Waals surface area contributed by atoms with Crippen molar-refractivity contribution in [2.45, 2.75) is 135 Å². The van der Waals surface area contributed by atoms with Crippen LogP contribution in [0.3, 0.4) is 0 Å². The lowest BCUT2D eigenvalue weighted by atomic mass is 9.90. The number of aliphatic hydroxyl groups excluding tert-OH is 2. The Morgan fingerprint density at radius 2 is 1.31 bits per heavy atom. The fourth-order valence-electron chi connectivity index (χ4n) is 4.25. The maximum Gasteiger partial charge on any atom is 0.176 e. The molecule has 3 atom stereocenters. The molecule has 0 radical (unpaired) electrons. The van der Waals surface area contributed by atoms with Crippen LogP contribution >= 0.6 is 0 Å². The summed E-state index contributed by atoms with van der Waals surface area (Å²) in [6, 6.07) is 8.43. The van der Waals surface area contributed by atoms with E-state index < -0.39 is 12.3 Å². The highest BCUT2D eigenvalue weighted by Gasteiger charge is 2.18. The molecule has 0 spiro atoms. The van der Waals surface area contributed by atoms with Crippen molar-refractivity contribution >= 4 is 0 Å². The first-order chi connectivity index (χ1) is 15.5. The summed E-state index contributed by atoms with van der Waals surface area (Å²) in [5, 5.41) is 22.7. The van der Waals surface area contributed by atoms with Gasteiger partial charge < -0.3 is 14.9 Å². The second-order valence-electron chi connectivity index (χ2n) is 9.70. The predicted octanol–water partition coefficient (Wildman–Crippen LogP) is 6.94. The summed E-state index contributed by atoms with van der Waals surface area (Å²) >= 11 is 0. The van der Waals surface area contributed by atoms with Gasteiger partial charge in [0.1, 0.15) is 11.9 Å². The van der Waals surface area contributed by atoms with E-state index in [0.29, 0.717) is 5.92 Å². The molecule has 0 aliphatic rings. The minimum atomic E-state index is -0.597. The lowest BCUT2D eigenvalue weighted by Crippen LogP contribution is -2.46. The molecule has 0 aliphatic carbocycles. The Labute approximate surface area is 198 Å². The SMILES string of the molecule is CCCCCCCCCCCCCC(CCO)c1ccc(OC(NC(C)C)C(C)O)cc1. The molecular formula is C28H51NO3. The van der Waals surface area contributed by atoms with Crippen molar-refractivity contribution in [3.8, 4) is 5.75 Å². The van der Waals surface area contributed by atoms with Gasteiger partial charge in [-0.2, -0.15) is 0 Å². The number of ether oxygens (including phenoxy) is 1. The van der Waals surface area contributed by atoms with Gasteiger partial charge in [0.25, 0.3) is 0 Å². The average Bonchev–Trinajstić information content (AvgIpc) is 2.76. The topological polar surface area (TPSA) is 61.7 Å². The average molecular weight is 450 g/mol. The number of hydrogen-bond donors (Lipinski definition) is 3. The van der Waals surface area contributed by atoms with Crippen LogP contribution in [-0.4, -0.2) is 35.2 Å². The third kappa shape index (κ3) is 13.4. The van der Waals surface area contributed by atoms with Gasteiger partial charge in [-0.1, -0.05) is 89.7 Å². The van der Waals surface area contributed by atoms with Crippen molar-refractivity contribution in [3.63, 3.8) is 0 Å². The van der Waals surface area contributed by atoms with Gasteiger partial charge >= 0.3 is 0 Å². The maximum atomic E-state index is 9.95. The molecule has 3 N–H and O–H groups in total. The molecule has 4 heteroatoms. The minimum absolute atomic E-state index is 0.226. The van der Waals surface area contributed by atoms with Crippen LogP contribution in [0.1, 0.15) is 123 Å². The fourth-order valence-corrected chi connectivity index (χ4v) is 4.25. The Hall–Kier alpha value is -1.10. The van der Waals surface area contributed by atoms with Gasteiger partial charge in [0, 0.05) is 12.6 Å². The molecule has 1 rings (SSSR count). The molecule has 0 fully saturated rings. The van der Waals surface area contributed by atoms with Crippen molar-refractivity contribution in [2.75, 3.05) is 6.61 Å². The van der Waals surface area contributed by atoms with E-state index in [1.807, 2.05) is 26.0 Å². The summed E-state index contributed by atoms with van der Waals surface area (Å²) in [6.07, 6.45) is 15.8. The van der Waals surface area contributed by atoms with Crippen molar-refractivity contribution in [3.05, 3.63) is 29.8 Å². The molecule has 0 saturated carbocycles. The van der Waals surface area contributed by atoms with Crippen LogP contribution in [0.15, 0.2) is 24.3 Å². The third-order valence-electron chi connectivity index (χ3n) is 6.18. The molecular weight excluding hydrogens is 398 g/mol. The van der Waals surface area contributed by atoms with Crippen LogP contribution in [0.2, 0.25) is 0 Å². The molecule has 0 bridgehead atoms. The van der Waals surface area contributed by atoms with Crippen LogP contribution < -0.4 is 10.1 Å². The van der Waals surface area contributed by atoms with E-state index in [4.69, 9.17) is 4.74 Å². The monoisotopic (exact) mass is 449 g/mol. The van der Waals surface area contributed by atoms with Crippen molar-refractivity contribution < 1.29 is 14.9 Å². The summed E-state index contributed by atoms with van der Waals surface area (Å²) in [4.78, 5) is 0.